The number of nitrogens with zero attached hydrogens (tertiary/aromatic N) is 1. The molecule has 2 atom stereocenters. The number of ether oxygens (including phenoxy) is 2. The van der Waals surface area contributed by atoms with Crippen LogP contribution in [0, 0.1) is 0 Å². The number of hydrogen-bond acceptors (Lipinski definition) is 5. The molecule has 7 heteroatoms. The van der Waals surface area contributed by atoms with Crippen LogP contribution in [0.4, 0.5) is 5.69 Å². The fraction of sp³-hybridized carbons (Fsp3) is 0.438. The van der Waals surface area contributed by atoms with Gasteiger partial charge in [-0.3, -0.25) is 9.59 Å². The molecule has 2 amide bonds. The van der Waals surface area contributed by atoms with Gasteiger partial charge in [0.1, 0.15) is 5.75 Å². The third-order valence-corrected chi connectivity index (χ3v) is 3.43. The molecule has 1 aromatic rings. The molecule has 0 bridgehead atoms. The molecule has 0 fully saturated rings. The number of nitrogens with one attached hydrogen (secondary N) is 1. The van der Waals surface area contributed by atoms with Crippen LogP contribution < -0.4 is 15.0 Å². The molecule has 0 saturated carbocycles. The number of benzene rings is 1. The Morgan fingerprint density at radius 2 is 2.09 bits per heavy atom. The standard InChI is InChI=1S/C16H20N2O5/c1-4-17-15(20)10(2)22-16(21)14-9-18(11(3)19)12-7-5-6-8-13(12)23-14/h5-8,10,14H,4,9H2,1-3H3,(H,17,20)/t10-,14-/m1/s1. The highest BCUT2D eigenvalue weighted by molar-refractivity contribution is 5.95. The van der Waals surface area contributed by atoms with Crippen LogP contribution in [-0.4, -0.2) is 43.1 Å². The number of esters is 1. The summed E-state index contributed by atoms with van der Waals surface area (Å²) in [6.45, 7) is 5.18. The highest BCUT2D eigenvalue weighted by atomic mass is 16.6. The fourth-order valence-electron chi connectivity index (χ4n) is 2.28. The number of carbonyl (C=O) groups excluding carboxylic acids is 3. The lowest BCUT2D eigenvalue weighted by atomic mass is 10.2. The summed E-state index contributed by atoms with van der Waals surface area (Å²) in [5.74, 6) is -0.818. The van der Waals surface area contributed by atoms with Crippen molar-refractivity contribution in [3.63, 3.8) is 0 Å². The van der Waals surface area contributed by atoms with Gasteiger partial charge in [-0.15, -0.1) is 0 Å². The fourth-order valence-corrected chi connectivity index (χ4v) is 2.28. The lowest BCUT2D eigenvalue weighted by Crippen LogP contribution is -2.48. The molecule has 0 spiro atoms. The normalized spacial score (nSPS) is 17.5. The van der Waals surface area contributed by atoms with Crippen LogP contribution in [0.25, 0.3) is 0 Å². The van der Waals surface area contributed by atoms with Gasteiger partial charge in [0.15, 0.2) is 6.10 Å². The molecule has 0 unspecified atom stereocenters. The van der Waals surface area contributed by atoms with Crippen LogP contribution in [0.2, 0.25) is 0 Å². The van der Waals surface area contributed by atoms with E-state index in [4.69, 9.17) is 9.47 Å². The summed E-state index contributed by atoms with van der Waals surface area (Å²) in [5, 5.41) is 2.57. The molecule has 2 rings (SSSR count). The summed E-state index contributed by atoms with van der Waals surface area (Å²) in [4.78, 5) is 37.1. The van der Waals surface area contributed by atoms with Crippen LogP contribution in [0.3, 0.4) is 0 Å². The molecule has 1 aromatic carbocycles. The number of likely N-dealkylation sites (N-methyl/N-ethyl adjacent to an activating group) is 1. The zero-order valence-corrected chi connectivity index (χ0v) is 13.4. The van der Waals surface area contributed by atoms with Gasteiger partial charge < -0.3 is 19.7 Å². The van der Waals surface area contributed by atoms with Crippen molar-refractivity contribution >= 4 is 23.5 Å². The van der Waals surface area contributed by atoms with Gasteiger partial charge in [0.05, 0.1) is 12.2 Å². The van der Waals surface area contributed by atoms with E-state index in [-0.39, 0.29) is 18.4 Å². The first-order valence-electron chi connectivity index (χ1n) is 7.46. The van der Waals surface area contributed by atoms with Crippen molar-refractivity contribution in [2.75, 3.05) is 18.0 Å². The first-order chi connectivity index (χ1) is 10.9. The van der Waals surface area contributed by atoms with Gasteiger partial charge in [-0.2, -0.15) is 0 Å². The van der Waals surface area contributed by atoms with Gasteiger partial charge >= 0.3 is 5.97 Å². The minimum atomic E-state index is -0.967. The molecule has 124 valence electrons. The average Bonchev–Trinajstić information content (AvgIpc) is 2.53. The maximum absolute atomic E-state index is 12.2. The summed E-state index contributed by atoms with van der Waals surface area (Å²) in [6.07, 6.45) is -1.89. The van der Waals surface area contributed by atoms with Crippen molar-refractivity contribution in [1.29, 1.82) is 0 Å². The van der Waals surface area contributed by atoms with Crippen LogP contribution in [0.15, 0.2) is 24.3 Å². The average molecular weight is 320 g/mol. The summed E-state index contributed by atoms with van der Waals surface area (Å²) in [6, 6.07) is 6.96. The smallest absolute Gasteiger partial charge is 0.350 e. The van der Waals surface area contributed by atoms with E-state index in [1.807, 2.05) is 0 Å². The number of anilines is 1. The molecule has 0 saturated heterocycles. The molecule has 7 nitrogen and oxygen atoms in total. The van der Waals surface area contributed by atoms with E-state index in [1.54, 1.807) is 31.2 Å². The van der Waals surface area contributed by atoms with Gasteiger partial charge in [0.25, 0.3) is 5.91 Å². The Labute approximate surface area is 134 Å². The van der Waals surface area contributed by atoms with Gasteiger partial charge in [-0.05, 0) is 26.0 Å². The van der Waals surface area contributed by atoms with E-state index in [9.17, 15) is 14.4 Å². The Kier molecular flexibility index (Phi) is 5.20. The van der Waals surface area contributed by atoms with E-state index < -0.39 is 18.2 Å². The molecule has 0 radical (unpaired) electrons. The Morgan fingerprint density at radius 3 is 2.74 bits per heavy atom. The predicted octanol–water partition coefficient (Wildman–Crippen LogP) is 0.868. The molecule has 1 aliphatic heterocycles. The quantitative estimate of drug-likeness (QED) is 0.832. The first-order valence-corrected chi connectivity index (χ1v) is 7.46. The second kappa shape index (κ2) is 7.13. The number of hydrogen-bond donors (Lipinski definition) is 1. The Bertz CT molecular complexity index is 616. The molecular weight excluding hydrogens is 300 g/mol. The topological polar surface area (TPSA) is 84.9 Å². The maximum atomic E-state index is 12.2. The van der Waals surface area contributed by atoms with E-state index in [0.29, 0.717) is 18.0 Å². The van der Waals surface area contributed by atoms with Gasteiger partial charge in [0, 0.05) is 13.5 Å². The van der Waals surface area contributed by atoms with E-state index in [2.05, 4.69) is 5.32 Å². The Hall–Kier alpha value is -2.57. The van der Waals surface area contributed by atoms with Crippen molar-refractivity contribution in [3.05, 3.63) is 24.3 Å². The zero-order valence-electron chi connectivity index (χ0n) is 13.4. The highest BCUT2D eigenvalue weighted by Crippen LogP contribution is 2.33. The summed E-state index contributed by atoms with van der Waals surface area (Å²) in [5.41, 5.74) is 0.612. The largest absolute Gasteiger partial charge is 0.475 e. The summed E-state index contributed by atoms with van der Waals surface area (Å²) < 4.78 is 10.7. The Morgan fingerprint density at radius 1 is 1.39 bits per heavy atom. The van der Waals surface area contributed by atoms with Crippen molar-refractivity contribution in [1.82, 2.24) is 5.32 Å². The van der Waals surface area contributed by atoms with E-state index in [0.717, 1.165) is 0 Å². The lowest BCUT2D eigenvalue weighted by molar-refractivity contribution is -0.161. The summed E-state index contributed by atoms with van der Waals surface area (Å²) >= 11 is 0. The number of carbonyl (C=O) groups is 3. The SMILES string of the molecule is CCNC(=O)[C@@H](C)OC(=O)[C@H]1CN(C(C)=O)c2ccccc2O1. The molecule has 1 heterocycles. The van der Waals surface area contributed by atoms with Gasteiger partial charge in [-0.1, -0.05) is 12.1 Å². The number of amides is 2. The van der Waals surface area contributed by atoms with Crippen molar-refractivity contribution in [2.45, 2.75) is 33.0 Å². The summed E-state index contributed by atoms with van der Waals surface area (Å²) in [7, 11) is 0. The third-order valence-electron chi connectivity index (χ3n) is 3.43. The minimum Gasteiger partial charge on any atom is -0.475 e. The van der Waals surface area contributed by atoms with Crippen molar-refractivity contribution < 1.29 is 23.9 Å². The first kappa shape index (κ1) is 16.8. The van der Waals surface area contributed by atoms with Crippen LogP contribution >= 0.6 is 0 Å². The van der Waals surface area contributed by atoms with Gasteiger partial charge in [-0.25, -0.2) is 4.79 Å². The molecule has 1 N–H and O–H groups in total. The van der Waals surface area contributed by atoms with Crippen LogP contribution in [-0.2, 0) is 19.1 Å². The van der Waals surface area contributed by atoms with Crippen molar-refractivity contribution in [3.8, 4) is 5.75 Å². The number of rotatable bonds is 4. The number of para-hydroxylation sites is 2. The van der Waals surface area contributed by atoms with Crippen LogP contribution in [0.1, 0.15) is 20.8 Å². The maximum Gasteiger partial charge on any atom is 0.350 e. The predicted molar refractivity (Wildman–Crippen MR) is 83.1 cm³/mol. The molecular formula is C16H20N2O5. The number of fused-ring (bicyclic) bond motifs is 1. The van der Waals surface area contributed by atoms with Crippen LogP contribution in [0.5, 0.6) is 5.75 Å². The monoisotopic (exact) mass is 320 g/mol. The lowest BCUT2D eigenvalue weighted by Gasteiger charge is -2.33. The second-order valence-electron chi connectivity index (χ2n) is 5.18. The molecule has 23 heavy (non-hydrogen) atoms. The molecule has 0 aromatic heterocycles. The highest BCUT2D eigenvalue weighted by Gasteiger charge is 2.34. The molecule has 0 aliphatic carbocycles. The zero-order chi connectivity index (χ0) is 17.0. The Balaban J connectivity index is 2.11. The van der Waals surface area contributed by atoms with Crippen molar-refractivity contribution in [2.24, 2.45) is 0 Å². The van der Waals surface area contributed by atoms with Gasteiger partial charge in [0.2, 0.25) is 12.0 Å². The third kappa shape index (κ3) is 3.80. The second-order valence-corrected chi connectivity index (χ2v) is 5.18. The van der Waals surface area contributed by atoms with E-state index >= 15 is 0 Å². The van der Waals surface area contributed by atoms with E-state index in [1.165, 1.54) is 18.7 Å². The minimum absolute atomic E-state index is 0.0489. The molecule has 1 aliphatic rings.